The third-order valence-electron chi connectivity index (χ3n) is 6.41. The number of amides is 1. The van der Waals surface area contributed by atoms with Gasteiger partial charge in [0.25, 0.3) is 0 Å². The number of carbonyl (C=O) groups excluding carboxylic acids is 2. The summed E-state index contributed by atoms with van der Waals surface area (Å²) < 4.78 is 0. The van der Waals surface area contributed by atoms with Crippen LogP contribution in [0.1, 0.15) is 47.2 Å². The fraction of sp³-hybridized carbons (Fsp3) is 0.417. The maximum Gasteiger partial charge on any atom is 0.223 e. The van der Waals surface area contributed by atoms with Crippen LogP contribution in [0.25, 0.3) is 10.2 Å². The predicted octanol–water partition coefficient (Wildman–Crippen LogP) is 3.88. The van der Waals surface area contributed by atoms with Gasteiger partial charge in [-0.15, -0.1) is 11.3 Å². The van der Waals surface area contributed by atoms with Crippen LogP contribution in [0.15, 0.2) is 36.0 Å². The highest BCUT2D eigenvalue weighted by molar-refractivity contribution is 7.16. The first-order valence-electron chi connectivity index (χ1n) is 11.0. The molecule has 0 saturated carbocycles. The highest BCUT2D eigenvalue weighted by atomic mass is 32.1. The molecule has 5 rings (SSSR count). The van der Waals surface area contributed by atoms with Gasteiger partial charge >= 0.3 is 0 Å². The van der Waals surface area contributed by atoms with Crippen LogP contribution in [0.4, 0.5) is 5.82 Å². The van der Waals surface area contributed by atoms with E-state index in [1.807, 2.05) is 22.4 Å². The molecule has 160 valence electrons. The summed E-state index contributed by atoms with van der Waals surface area (Å²) in [7, 11) is 0. The van der Waals surface area contributed by atoms with Crippen molar-refractivity contribution in [3.63, 3.8) is 0 Å². The van der Waals surface area contributed by atoms with Crippen molar-refractivity contribution in [1.29, 1.82) is 0 Å². The summed E-state index contributed by atoms with van der Waals surface area (Å²) >= 11 is 1.61. The fourth-order valence-electron chi connectivity index (χ4n) is 4.63. The van der Waals surface area contributed by atoms with E-state index in [0.29, 0.717) is 13.1 Å². The summed E-state index contributed by atoms with van der Waals surface area (Å²) in [5.41, 5.74) is 3.44. The molecule has 3 heterocycles. The zero-order valence-corrected chi connectivity index (χ0v) is 18.4. The molecule has 1 fully saturated rings. The van der Waals surface area contributed by atoms with Crippen molar-refractivity contribution in [1.82, 2.24) is 14.9 Å². The van der Waals surface area contributed by atoms with Gasteiger partial charge in [-0.25, -0.2) is 9.97 Å². The second kappa shape index (κ2) is 8.75. The number of aryl methyl sites for hydroxylation is 2. The molecule has 7 heteroatoms. The Kier molecular flexibility index (Phi) is 5.68. The van der Waals surface area contributed by atoms with Gasteiger partial charge in [-0.3, -0.25) is 9.59 Å². The van der Waals surface area contributed by atoms with E-state index >= 15 is 0 Å². The Hall–Kier alpha value is -2.80. The first kappa shape index (κ1) is 20.1. The summed E-state index contributed by atoms with van der Waals surface area (Å²) in [5.74, 6) is 1.08. The fourth-order valence-corrected chi connectivity index (χ4v) is 5.35. The maximum absolute atomic E-state index is 12.7. The normalized spacial score (nSPS) is 16.4. The predicted molar refractivity (Wildman–Crippen MR) is 123 cm³/mol. The van der Waals surface area contributed by atoms with E-state index in [1.165, 1.54) is 24.0 Å². The molecule has 0 radical (unpaired) electrons. The molecule has 0 bridgehead atoms. The number of nitrogens with zero attached hydrogens (tertiary/aromatic N) is 4. The second-order valence-electron chi connectivity index (χ2n) is 8.32. The van der Waals surface area contributed by atoms with E-state index in [1.54, 1.807) is 17.7 Å². The molecule has 3 aromatic rings. The highest BCUT2D eigenvalue weighted by Gasteiger charge is 2.24. The van der Waals surface area contributed by atoms with Gasteiger partial charge in [0.2, 0.25) is 5.91 Å². The van der Waals surface area contributed by atoms with Crippen LogP contribution in [0.5, 0.6) is 0 Å². The van der Waals surface area contributed by atoms with Gasteiger partial charge in [0.05, 0.1) is 5.39 Å². The Balaban J connectivity index is 1.15. The Morgan fingerprint density at radius 1 is 0.935 bits per heavy atom. The number of hydrogen-bond acceptors (Lipinski definition) is 6. The summed E-state index contributed by atoms with van der Waals surface area (Å²) in [6.45, 7) is 2.79. The number of hydrogen-bond donors (Lipinski definition) is 0. The molecular formula is C24H26N4O2S. The summed E-state index contributed by atoms with van der Waals surface area (Å²) in [6.07, 6.45) is 6.76. The smallest absolute Gasteiger partial charge is 0.223 e. The Morgan fingerprint density at radius 3 is 2.58 bits per heavy atom. The van der Waals surface area contributed by atoms with Crippen molar-refractivity contribution in [2.45, 2.75) is 38.5 Å². The molecular weight excluding hydrogens is 408 g/mol. The van der Waals surface area contributed by atoms with E-state index < -0.39 is 0 Å². The number of thiophene rings is 1. The molecule has 1 aliphatic carbocycles. The van der Waals surface area contributed by atoms with Gasteiger partial charge in [0.1, 0.15) is 17.0 Å². The first-order valence-corrected chi connectivity index (χ1v) is 11.9. The number of fused-ring (bicyclic) bond motifs is 2. The Labute approximate surface area is 185 Å². The number of piperazine rings is 1. The van der Waals surface area contributed by atoms with Crippen LogP contribution >= 0.6 is 11.3 Å². The van der Waals surface area contributed by atoms with Crippen LogP contribution in [0.2, 0.25) is 0 Å². The van der Waals surface area contributed by atoms with Crippen molar-refractivity contribution in [3.05, 3.63) is 52.7 Å². The molecule has 2 aromatic heterocycles. The lowest BCUT2D eigenvalue weighted by Crippen LogP contribution is -2.49. The summed E-state index contributed by atoms with van der Waals surface area (Å²) in [4.78, 5) is 39.2. The minimum absolute atomic E-state index is 0.0642. The average molecular weight is 435 g/mol. The molecule has 31 heavy (non-hydrogen) atoms. The van der Waals surface area contributed by atoms with Gasteiger partial charge in [-0.1, -0.05) is 12.1 Å². The van der Waals surface area contributed by atoms with Crippen LogP contribution in [-0.4, -0.2) is 52.7 Å². The standard InChI is InChI=1S/C24H26N4O2S/c29-21(19-6-5-17-3-1-2-4-18(17)15-19)7-8-22(30)27-10-12-28(13-11-27)23-20-9-14-31-24(20)26-16-25-23/h5-6,9,14-16H,1-4,7-8,10-13H2. The number of rotatable bonds is 5. The number of anilines is 1. The third kappa shape index (κ3) is 4.19. The number of ketones is 1. The van der Waals surface area contributed by atoms with E-state index in [2.05, 4.69) is 27.0 Å². The number of carbonyl (C=O) groups is 2. The minimum Gasteiger partial charge on any atom is -0.352 e. The number of Topliss-reactive ketones (excluding diaryl/α,β-unsaturated/α-hetero) is 1. The van der Waals surface area contributed by atoms with Crippen LogP contribution < -0.4 is 4.90 Å². The van der Waals surface area contributed by atoms with Crippen molar-refractivity contribution in [2.75, 3.05) is 31.1 Å². The summed E-state index contributed by atoms with van der Waals surface area (Å²) in [6, 6.07) is 8.13. The quantitative estimate of drug-likeness (QED) is 0.570. The highest BCUT2D eigenvalue weighted by Crippen LogP contribution is 2.27. The Bertz CT molecular complexity index is 1120. The van der Waals surface area contributed by atoms with Gasteiger partial charge in [-0.2, -0.15) is 0 Å². The lowest BCUT2D eigenvalue weighted by molar-refractivity contribution is -0.131. The van der Waals surface area contributed by atoms with Gasteiger partial charge in [0, 0.05) is 44.6 Å². The average Bonchev–Trinajstić information content (AvgIpc) is 3.31. The molecule has 0 unspecified atom stereocenters. The molecule has 2 aliphatic rings. The molecule has 0 atom stereocenters. The molecule has 1 aliphatic heterocycles. The van der Waals surface area contributed by atoms with Crippen LogP contribution in [-0.2, 0) is 17.6 Å². The zero-order valence-electron chi connectivity index (χ0n) is 17.5. The van der Waals surface area contributed by atoms with Gasteiger partial charge < -0.3 is 9.80 Å². The SMILES string of the molecule is O=C(CCC(=O)N1CCN(c2ncnc3sccc23)CC1)c1ccc2c(c1)CCCC2. The van der Waals surface area contributed by atoms with E-state index in [9.17, 15) is 9.59 Å². The number of aromatic nitrogens is 2. The van der Waals surface area contributed by atoms with Gasteiger partial charge in [0.15, 0.2) is 5.78 Å². The lowest BCUT2D eigenvalue weighted by atomic mass is 9.89. The first-order chi connectivity index (χ1) is 15.2. The molecule has 0 N–H and O–H groups in total. The van der Waals surface area contributed by atoms with E-state index in [4.69, 9.17) is 0 Å². The van der Waals surface area contributed by atoms with Crippen LogP contribution in [0.3, 0.4) is 0 Å². The molecule has 1 amide bonds. The monoisotopic (exact) mass is 434 g/mol. The van der Waals surface area contributed by atoms with Crippen molar-refractivity contribution in [2.24, 2.45) is 0 Å². The third-order valence-corrected chi connectivity index (χ3v) is 7.23. The second-order valence-corrected chi connectivity index (χ2v) is 9.21. The summed E-state index contributed by atoms with van der Waals surface area (Å²) in [5, 5.41) is 3.10. The maximum atomic E-state index is 12.7. The van der Waals surface area contributed by atoms with Crippen molar-refractivity contribution in [3.8, 4) is 0 Å². The topological polar surface area (TPSA) is 66.4 Å². The van der Waals surface area contributed by atoms with Crippen LogP contribution in [0, 0.1) is 0 Å². The zero-order chi connectivity index (χ0) is 21.2. The van der Waals surface area contributed by atoms with Crippen molar-refractivity contribution < 1.29 is 9.59 Å². The molecule has 1 saturated heterocycles. The van der Waals surface area contributed by atoms with E-state index in [0.717, 1.165) is 47.5 Å². The van der Waals surface area contributed by atoms with E-state index in [-0.39, 0.29) is 24.5 Å². The molecule has 6 nitrogen and oxygen atoms in total. The number of benzene rings is 1. The lowest BCUT2D eigenvalue weighted by Gasteiger charge is -2.35. The Morgan fingerprint density at radius 2 is 1.74 bits per heavy atom. The molecule has 1 aromatic carbocycles. The molecule has 0 spiro atoms. The van der Waals surface area contributed by atoms with Crippen molar-refractivity contribution >= 4 is 39.1 Å². The van der Waals surface area contributed by atoms with Gasteiger partial charge in [-0.05, 0) is 54.3 Å². The largest absolute Gasteiger partial charge is 0.352 e. The minimum atomic E-state index is 0.0642.